The Bertz CT molecular complexity index is 789. The third-order valence-corrected chi connectivity index (χ3v) is 4.15. The van der Waals surface area contributed by atoms with E-state index in [9.17, 15) is 0 Å². The minimum atomic E-state index is 0.268. The van der Waals surface area contributed by atoms with E-state index < -0.39 is 0 Å². The van der Waals surface area contributed by atoms with E-state index in [2.05, 4.69) is 20.6 Å². The van der Waals surface area contributed by atoms with Crippen LogP contribution in [0, 0.1) is 0 Å². The van der Waals surface area contributed by atoms with E-state index in [4.69, 9.17) is 10.5 Å². The lowest BCUT2D eigenvalue weighted by molar-refractivity contribution is 0.00664. The zero-order valence-electron chi connectivity index (χ0n) is 11.8. The molecule has 1 aliphatic heterocycles. The van der Waals surface area contributed by atoms with Gasteiger partial charge in [0.2, 0.25) is 0 Å². The van der Waals surface area contributed by atoms with Crippen molar-refractivity contribution in [3.8, 4) is 0 Å². The van der Waals surface area contributed by atoms with Gasteiger partial charge in [-0.2, -0.15) is 0 Å². The van der Waals surface area contributed by atoms with Crippen LogP contribution in [0.4, 0.5) is 5.82 Å². The van der Waals surface area contributed by atoms with E-state index in [1.807, 2.05) is 24.5 Å². The number of para-hydroxylation sites is 1. The molecule has 1 unspecified atom stereocenters. The zero-order valence-corrected chi connectivity index (χ0v) is 11.8. The number of hydrogen-bond donors (Lipinski definition) is 1. The van der Waals surface area contributed by atoms with Gasteiger partial charge in [-0.3, -0.25) is 0 Å². The average molecular weight is 282 g/mol. The Kier molecular flexibility index (Phi) is 3.00. The van der Waals surface area contributed by atoms with Gasteiger partial charge >= 0.3 is 0 Å². The summed E-state index contributed by atoms with van der Waals surface area (Å²) in [5.41, 5.74) is 8.81. The number of rotatable bonds is 2. The first-order valence-electron chi connectivity index (χ1n) is 7.43. The summed E-state index contributed by atoms with van der Waals surface area (Å²) in [7, 11) is 0. The molecule has 2 aromatic heterocycles. The third kappa shape index (κ3) is 2.14. The molecule has 2 N–H and O–H groups in total. The van der Waals surface area contributed by atoms with Gasteiger partial charge in [0.15, 0.2) is 5.82 Å². The molecule has 0 aliphatic carbocycles. The van der Waals surface area contributed by atoms with Crippen LogP contribution in [0.25, 0.3) is 21.9 Å². The molecular weight excluding hydrogens is 264 g/mol. The fourth-order valence-corrected chi connectivity index (χ4v) is 3.12. The lowest BCUT2D eigenvalue weighted by atomic mass is 10.1. The van der Waals surface area contributed by atoms with Crippen LogP contribution >= 0.6 is 0 Å². The number of fused-ring (bicyclic) bond motifs is 3. The second-order valence-electron chi connectivity index (χ2n) is 5.60. The maximum Gasteiger partial charge on any atom is 0.152 e. The normalized spacial score (nSPS) is 19.3. The van der Waals surface area contributed by atoms with Crippen molar-refractivity contribution in [3.63, 3.8) is 0 Å². The van der Waals surface area contributed by atoms with Crippen LogP contribution in [0.15, 0.2) is 30.6 Å². The number of aromatic nitrogens is 3. The molecule has 0 spiro atoms. The molecule has 21 heavy (non-hydrogen) atoms. The molecule has 0 amide bonds. The van der Waals surface area contributed by atoms with Crippen molar-refractivity contribution in [3.05, 3.63) is 30.6 Å². The predicted octanol–water partition coefficient (Wildman–Crippen LogP) is 2.74. The van der Waals surface area contributed by atoms with Crippen molar-refractivity contribution in [2.75, 3.05) is 12.3 Å². The number of hydrogen-bond acceptors (Lipinski definition) is 4. The quantitative estimate of drug-likeness (QED) is 0.785. The van der Waals surface area contributed by atoms with Gasteiger partial charge < -0.3 is 15.0 Å². The van der Waals surface area contributed by atoms with Gasteiger partial charge in [-0.25, -0.2) is 9.97 Å². The minimum Gasteiger partial charge on any atom is -0.382 e. The number of imidazole rings is 1. The Labute approximate surface area is 122 Å². The fourth-order valence-electron chi connectivity index (χ4n) is 3.12. The Balaban J connectivity index is 1.85. The van der Waals surface area contributed by atoms with Crippen molar-refractivity contribution in [2.45, 2.75) is 31.9 Å². The first kappa shape index (κ1) is 12.6. The maximum atomic E-state index is 6.05. The van der Waals surface area contributed by atoms with E-state index in [0.29, 0.717) is 5.82 Å². The lowest BCUT2D eigenvalue weighted by Crippen LogP contribution is -2.24. The first-order valence-corrected chi connectivity index (χ1v) is 7.43. The van der Waals surface area contributed by atoms with E-state index in [0.717, 1.165) is 41.5 Å². The third-order valence-electron chi connectivity index (χ3n) is 4.15. The average Bonchev–Trinajstić information content (AvgIpc) is 2.93. The molecule has 4 rings (SSSR count). The molecular formula is C16H18N4O. The SMILES string of the molecule is Nc1nc2ccccc2c2c1ncn2CC1CCCCO1. The minimum absolute atomic E-state index is 0.268. The van der Waals surface area contributed by atoms with E-state index in [1.165, 1.54) is 12.8 Å². The van der Waals surface area contributed by atoms with Gasteiger partial charge in [0.05, 0.1) is 30.0 Å². The molecule has 1 fully saturated rings. The number of anilines is 1. The highest BCUT2D eigenvalue weighted by molar-refractivity contribution is 6.06. The summed E-state index contributed by atoms with van der Waals surface area (Å²) in [5.74, 6) is 0.493. The molecule has 3 heterocycles. The predicted molar refractivity (Wildman–Crippen MR) is 83.0 cm³/mol. The fraction of sp³-hybridized carbons (Fsp3) is 0.375. The van der Waals surface area contributed by atoms with E-state index in [-0.39, 0.29) is 6.10 Å². The van der Waals surface area contributed by atoms with Crippen LogP contribution in [0.2, 0.25) is 0 Å². The molecule has 0 saturated carbocycles. The van der Waals surface area contributed by atoms with Crippen LogP contribution in [-0.4, -0.2) is 27.2 Å². The molecule has 0 bridgehead atoms. The summed E-state index contributed by atoms with van der Waals surface area (Å²) in [5, 5.41) is 1.09. The molecule has 108 valence electrons. The second-order valence-corrected chi connectivity index (χ2v) is 5.60. The van der Waals surface area contributed by atoms with Gasteiger partial charge in [-0.05, 0) is 25.3 Å². The van der Waals surface area contributed by atoms with Crippen LogP contribution in [0.5, 0.6) is 0 Å². The lowest BCUT2D eigenvalue weighted by Gasteiger charge is -2.23. The maximum absolute atomic E-state index is 6.05. The van der Waals surface area contributed by atoms with Crippen molar-refractivity contribution in [1.29, 1.82) is 0 Å². The van der Waals surface area contributed by atoms with Gasteiger partial charge in [-0.15, -0.1) is 0 Å². The van der Waals surface area contributed by atoms with Crippen LogP contribution in [-0.2, 0) is 11.3 Å². The monoisotopic (exact) mass is 282 g/mol. The zero-order chi connectivity index (χ0) is 14.2. The number of nitrogens with two attached hydrogens (primary N) is 1. The number of nitrogen functional groups attached to an aromatic ring is 1. The Morgan fingerprint density at radius 2 is 2.19 bits per heavy atom. The van der Waals surface area contributed by atoms with E-state index in [1.54, 1.807) is 0 Å². The number of pyridine rings is 1. The van der Waals surface area contributed by atoms with Gasteiger partial charge in [0.1, 0.15) is 5.52 Å². The highest BCUT2D eigenvalue weighted by atomic mass is 16.5. The second kappa shape index (κ2) is 5.00. The number of benzene rings is 1. The highest BCUT2D eigenvalue weighted by Gasteiger charge is 2.18. The topological polar surface area (TPSA) is 66.0 Å². The first-order chi connectivity index (χ1) is 10.3. The molecule has 1 saturated heterocycles. The van der Waals surface area contributed by atoms with Gasteiger partial charge in [0, 0.05) is 12.0 Å². The summed E-state index contributed by atoms with van der Waals surface area (Å²) in [4.78, 5) is 8.89. The summed E-state index contributed by atoms with van der Waals surface area (Å²) >= 11 is 0. The number of nitrogens with zero attached hydrogens (tertiary/aromatic N) is 3. The summed E-state index contributed by atoms with van der Waals surface area (Å²) < 4.78 is 8.01. The molecule has 0 radical (unpaired) electrons. The van der Waals surface area contributed by atoms with Gasteiger partial charge in [-0.1, -0.05) is 18.2 Å². The van der Waals surface area contributed by atoms with Crippen molar-refractivity contribution < 1.29 is 4.74 Å². The molecule has 1 atom stereocenters. The Morgan fingerprint density at radius 1 is 1.29 bits per heavy atom. The van der Waals surface area contributed by atoms with E-state index >= 15 is 0 Å². The van der Waals surface area contributed by atoms with Crippen molar-refractivity contribution in [1.82, 2.24) is 14.5 Å². The number of ether oxygens (including phenoxy) is 1. The van der Waals surface area contributed by atoms with Crippen LogP contribution in [0.3, 0.4) is 0 Å². The Morgan fingerprint density at radius 3 is 3.05 bits per heavy atom. The molecule has 5 nitrogen and oxygen atoms in total. The Hall–Kier alpha value is -2.14. The smallest absolute Gasteiger partial charge is 0.152 e. The molecule has 1 aliphatic rings. The summed E-state index contributed by atoms with van der Waals surface area (Å²) in [6.45, 7) is 1.69. The largest absolute Gasteiger partial charge is 0.382 e. The van der Waals surface area contributed by atoms with Crippen LogP contribution < -0.4 is 5.73 Å². The highest BCUT2D eigenvalue weighted by Crippen LogP contribution is 2.27. The van der Waals surface area contributed by atoms with Gasteiger partial charge in [0.25, 0.3) is 0 Å². The van der Waals surface area contributed by atoms with Crippen molar-refractivity contribution in [2.24, 2.45) is 0 Å². The van der Waals surface area contributed by atoms with Crippen LogP contribution in [0.1, 0.15) is 19.3 Å². The molecule has 3 aromatic rings. The molecule has 1 aromatic carbocycles. The summed E-state index contributed by atoms with van der Waals surface area (Å²) in [6.07, 6.45) is 5.64. The van der Waals surface area contributed by atoms with Crippen molar-refractivity contribution >= 4 is 27.8 Å². The molecule has 5 heteroatoms. The summed E-state index contributed by atoms with van der Waals surface area (Å²) in [6, 6.07) is 8.06. The standard InChI is InChI=1S/C16H18N4O/c17-16-14-15(12-6-1-2-7-13(12)19-16)20(10-18-14)9-11-5-3-4-8-21-11/h1-2,6-7,10-11H,3-5,8-9H2,(H2,17,19).